The van der Waals surface area contributed by atoms with Crippen LogP contribution >= 0.6 is 0 Å². The Morgan fingerprint density at radius 1 is 1.00 bits per heavy atom. The van der Waals surface area contributed by atoms with Crippen LogP contribution in [0.3, 0.4) is 0 Å². The van der Waals surface area contributed by atoms with Gasteiger partial charge in [-0.2, -0.15) is 0 Å². The van der Waals surface area contributed by atoms with Crippen LogP contribution in [-0.4, -0.2) is 42.4 Å². The predicted molar refractivity (Wildman–Crippen MR) is 110 cm³/mol. The van der Waals surface area contributed by atoms with Gasteiger partial charge in [-0.15, -0.1) is 0 Å². The van der Waals surface area contributed by atoms with Crippen LogP contribution in [0.25, 0.3) is 0 Å². The summed E-state index contributed by atoms with van der Waals surface area (Å²) >= 11 is 0. The van der Waals surface area contributed by atoms with E-state index in [1.807, 2.05) is 36.4 Å². The summed E-state index contributed by atoms with van der Waals surface area (Å²) in [6.07, 6.45) is 2.36. The number of carbonyl (C=O) groups is 2. The van der Waals surface area contributed by atoms with Gasteiger partial charge in [0, 0.05) is 30.7 Å². The first-order chi connectivity index (χ1) is 14.1. The number of hydrogen-bond acceptors (Lipinski definition) is 3. The Morgan fingerprint density at radius 3 is 2.41 bits per heavy atom. The summed E-state index contributed by atoms with van der Waals surface area (Å²) in [5, 5.41) is 6.02. The van der Waals surface area contributed by atoms with Crippen LogP contribution in [0.4, 0.5) is 10.1 Å². The molecule has 2 aromatic carbocycles. The summed E-state index contributed by atoms with van der Waals surface area (Å²) < 4.78 is 13.9. The smallest absolute Gasteiger partial charge is 0.238 e. The van der Waals surface area contributed by atoms with Gasteiger partial charge < -0.3 is 10.6 Å². The van der Waals surface area contributed by atoms with Gasteiger partial charge in [-0.3, -0.25) is 14.5 Å². The number of piperidine rings is 1. The van der Waals surface area contributed by atoms with Gasteiger partial charge in [0.05, 0.1) is 6.54 Å². The average molecular weight is 395 g/mol. The molecule has 152 valence electrons. The van der Waals surface area contributed by atoms with Gasteiger partial charge in [-0.1, -0.05) is 36.4 Å². The van der Waals surface area contributed by atoms with E-state index in [4.69, 9.17) is 0 Å². The molecule has 2 aromatic rings. The topological polar surface area (TPSA) is 61.4 Å². The van der Waals surface area contributed by atoms with E-state index < -0.39 is 0 Å². The number of nitrogens with zero attached hydrogens (tertiary/aromatic N) is 1. The van der Waals surface area contributed by atoms with E-state index in [0.29, 0.717) is 18.5 Å². The molecule has 5 nitrogen and oxygen atoms in total. The van der Waals surface area contributed by atoms with Crippen molar-refractivity contribution in [2.75, 3.05) is 25.0 Å². The second kappa shape index (κ2) is 8.74. The summed E-state index contributed by atoms with van der Waals surface area (Å²) in [5.74, 6) is -0.350. The maximum Gasteiger partial charge on any atom is 0.238 e. The molecule has 2 fully saturated rings. The first kappa shape index (κ1) is 19.6. The van der Waals surface area contributed by atoms with Crippen molar-refractivity contribution in [3.63, 3.8) is 0 Å². The van der Waals surface area contributed by atoms with Gasteiger partial charge in [-0.25, -0.2) is 4.39 Å². The summed E-state index contributed by atoms with van der Waals surface area (Å²) in [4.78, 5) is 26.8. The van der Waals surface area contributed by atoms with Gasteiger partial charge in [0.15, 0.2) is 0 Å². The van der Waals surface area contributed by atoms with Crippen LogP contribution < -0.4 is 10.6 Å². The quantitative estimate of drug-likeness (QED) is 0.790. The number of benzene rings is 2. The molecule has 0 bridgehead atoms. The fraction of sp³-hybridized carbons (Fsp3) is 0.391. The number of anilines is 1. The highest BCUT2D eigenvalue weighted by Gasteiger charge is 2.45. The molecule has 1 aliphatic carbocycles. The summed E-state index contributed by atoms with van der Waals surface area (Å²) in [7, 11) is 0. The zero-order chi connectivity index (χ0) is 20.2. The zero-order valence-electron chi connectivity index (χ0n) is 16.3. The van der Waals surface area contributed by atoms with Gasteiger partial charge >= 0.3 is 0 Å². The van der Waals surface area contributed by atoms with Crippen molar-refractivity contribution in [1.29, 1.82) is 0 Å². The highest BCUT2D eigenvalue weighted by molar-refractivity contribution is 5.92. The molecule has 1 saturated carbocycles. The lowest BCUT2D eigenvalue weighted by Crippen LogP contribution is -2.47. The number of nitrogens with one attached hydrogen (secondary N) is 2. The summed E-state index contributed by atoms with van der Waals surface area (Å²) in [6.45, 7) is 1.90. The van der Waals surface area contributed by atoms with Crippen molar-refractivity contribution in [3.8, 4) is 0 Å². The number of likely N-dealkylation sites (tertiary alicyclic amines) is 1. The molecule has 4 rings (SSSR count). The number of amides is 2. The molecule has 2 atom stereocenters. The summed E-state index contributed by atoms with van der Waals surface area (Å²) in [5.41, 5.74) is 1.44. The molecule has 29 heavy (non-hydrogen) atoms. The molecule has 0 radical (unpaired) electrons. The Hall–Kier alpha value is -2.73. The van der Waals surface area contributed by atoms with E-state index in [2.05, 4.69) is 15.5 Å². The largest absolute Gasteiger partial charge is 0.353 e. The van der Waals surface area contributed by atoms with Crippen LogP contribution in [0.15, 0.2) is 54.6 Å². The number of halogens is 1. The number of carbonyl (C=O) groups excluding carboxylic acids is 2. The SMILES string of the molecule is O=C(CN1CCC(NC(=O)C2CC2c2ccccc2F)CC1)Nc1ccccc1. The maximum absolute atomic E-state index is 13.9. The molecule has 2 unspecified atom stereocenters. The summed E-state index contributed by atoms with van der Waals surface area (Å²) in [6, 6.07) is 16.3. The highest BCUT2D eigenvalue weighted by Crippen LogP contribution is 2.48. The minimum absolute atomic E-state index is 0.00188. The van der Waals surface area contributed by atoms with Crippen molar-refractivity contribution >= 4 is 17.5 Å². The molecule has 1 saturated heterocycles. The van der Waals surface area contributed by atoms with Crippen molar-refractivity contribution in [3.05, 3.63) is 66.0 Å². The standard InChI is InChI=1S/C23H26FN3O2/c24-21-9-5-4-8-18(21)19-14-20(19)23(29)26-17-10-12-27(13-11-17)15-22(28)25-16-6-2-1-3-7-16/h1-9,17,19-20H,10-15H2,(H,25,28)(H,26,29). The molecular formula is C23H26FN3O2. The Morgan fingerprint density at radius 2 is 1.69 bits per heavy atom. The van der Waals surface area contributed by atoms with Crippen LogP contribution in [0.5, 0.6) is 0 Å². The molecule has 1 aliphatic heterocycles. The number of hydrogen-bond donors (Lipinski definition) is 2. The average Bonchev–Trinajstić information content (AvgIpc) is 3.51. The van der Waals surface area contributed by atoms with E-state index in [1.165, 1.54) is 6.07 Å². The van der Waals surface area contributed by atoms with Crippen LogP contribution in [0, 0.1) is 11.7 Å². The first-order valence-corrected chi connectivity index (χ1v) is 10.2. The van der Waals surface area contributed by atoms with Crippen LogP contribution in [-0.2, 0) is 9.59 Å². The Balaban J connectivity index is 1.19. The van der Waals surface area contributed by atoms with Crippen molar-refractivity contribution in [2.24, 2.45) is 5.92 Å². The van der Waals surface area contributed by atoms with Gasteiger partial charge in [0.25, 0.3) is 0 Å². The fourth-order valence-electron chi connectivity index (χ4n) is 4.07. The fourth-order valence-corrected chi connectivity index (χ4v) is 4.07. The second-order valence-corrected chi connectivity index (χ2v) is 7.94. The van der Waals surface area contributed by atoms with Gasteiger partial charge in [0.2, 0.25) is 11.8 Å². The predicted octanol–water partition coefficient (Wildman–Crippen LogP) is 3.15. The van der Waals surface area contributed by atoms with E-state index in [-0.39, 0.29) is 35.5 Å². The molecule has 0 spiro atoms. The number of rotatable bonds is 6. The minimum Gasteiger partial charge on any atom is -0.353 e. The zero-order valence-corrected chi connectivity index (χ0v) is 16.3. The molecule has 2 aliphatic rings. The number of para-hydroxylation sites is 1. The Labute approximate surface area is 170 Å². The van der Waals surface area contributed by atoms with Gasteiger partial charge in [0.1, 0.15) is 5.82 Å². The highest BCUT2D eigenvalue weighted by atomic mass is 19.1. The third-order valence-electron chi connectivity index (χ3n) is 5.79. The monoisotopic (exact) mass is 395 g/mol. The normalized spacial score (nSPS) is 22.1. The first-order valence-electron chi connectivity index (χ1n) is 10.2. The third-order valence-corrected chi connectivity index (χ3v) is 5.79. The molecule has 6 heteroatoms. The lowest BCUT2D eigenvalue weighted by atomic mass is 10.0. The minimum atomic E-state index is -0.227. The molecule has 1 heterocycles. The van der Waals surface area contributed by atoms with Crippen molar-refractivity contribution < 1.29 is 14.0 Å². The van der Waals surface area contributed by atoms with Crippen LogP contribution in [0.1, 0.15) is 30.7 Å². The lowest BCUT2D eigenvalue weighted by molar-refractivity contribution is -0.124. The molecular weight excluding hydrogens is 369 g/mol. The van der Waals surface area contributed by atoms with Crippen molar-refractivity contribution in [1.82, 2.24) is 10.2 Å². The molecule has 0 aromatic heterocycles. The van der Waals surface area contributed by atoms with E-state index in [0.717, 1.165) is 31.6 Å². The third kappa shape index (κ3) is 5.01. The van der Waals surface area contributed by atoms with E-state index in [9.17, 15) is 14.0 Å². The van der Waals surface area contributed by atoms with Gasteiger partial charge in [-0.05, 0) is 48.9 Å². The maximum atomic E-state index is 13.9. The lowest BCUT2D eigenvalue weighted by Gasteiger charge is -2.31. The molecule has 2 amide bonds. The molecule has 2 N–H and O–H groups in total. The van der Waals surface area contributed by atoms with Crippen LogP contribution in [0.2, 0.25) is 0 Å². The van der Waals surface area contributed by atoms with Crippen molar-refractivity contribution in [2.45, 2.75) is 31.2 Å². The Bertz CT molecular complexity index is 865. The Kier molecular flexibility index (Phi) is 5.90. The second-order valence-electron chi connectivity index (χ2n) is 7.94. The van der Waals surface area contributed by atoms with E-state index in [1.54, 1.807) is 12.1 Å². The van der Waals surface area contributed by atoms with E-state index >= 15 is 0 Å².